The predicted molar refractivity (Wildman–Crippen MR) is 65.8 cm³/mol. The van der Waals surface area contributed by atoms with Crippen molar-refractivity contribution < 1.29 is 22.7 Å². The standard InChI is InChI=1S/C14H17F3O2/c1-3-5-10(2)9-19-13(18)11-6-4-7-12(8-11)14(15,16)17/h4,6-8,10H,3,5,9H2,1-2H3. The van der Waals surface area contributed by atoms with Crippen LogP contribution in [-0.2, 0) is 10.9 Å². The van der Waals surface area contributed by atoms with Crippen LogP contribution in [0.2, 0.25) is 0 Å². The highest BCUT2D eigenvalue weighted by Crippen LogP contribution is 2.29. The molecule has 0 bridgehead atoms. The summed E-state index contributed by atoms with van der Waals surface area (Å²) < 4.78 is 42.5. The monoisotopic (exact) mass is 274 g/mol. The third-order valence-corrected chi connectivity index (χ3v) is 2.71. The maximum absolute atomic E-state index is 12.5. The minimum Gasteiger partial charge on any atom is -0.462 e. The van der Waals surface area contributed by atoms with Gasteiger partial charge in [0.15, 0.2) is 0 Å². The Bertz CT molecular complexity index is 427. The first-order valence-corrected chi connectivity index (χ1v) is 6.19. The maximum Gasteiger partial charge on any atom is 0.416 e. The van der Waals surface area contributed by atoms with E-state index < -0.39 is 17.7 Å². The Morgan fingerprint density at radius 1 is 1.37 bits per heavy atom. The van der Waals surface area contributed by atoms with E-state index in [1.54, 1.807) is 0 Å². The second kappa shape index (κ2) is 6.59. The Morgan fingerprint density at radius 3 is 2.63 bits per heavy atom. The van der Waals surface area contributed by atoms with Crippen LogP contribution in [0.3, 0.4) is 0 Å². The van der Waals surface area contributed by atoms with Crippen LogP contribution in [0.15, 0.2) is 24.3 Å². The van der Waals surface area contributed by atoms with Gasteiger partial charge in [-0.1, -0.05) is 26.3 Å². The van der Waals surface area contributed by atoms with Crippen LogP contribution in [0, 0.1) is 5.92 Å². The Labute approximate surface area is 110 Å². The van der Waals surface area contributed by atoms with Gasteiger partial charge in [-0.25, -0.2) is 4.79 Å². The van der Waals surface area contributed by atoms with E-state index in [9.17, 15) is 18.0 Å². The van der Waals surface area contributed by atoms with Gasteiger partial charge in [0.25, 0.3) is 0 Å². The summed E-state index contributed by atoms with van der Waals surface area (Å²) >= 11 is 0. The lowest BCUT2D eigenvalue weighted by Crippen LogP contribution is -2.13. The lowest BCUT2D eigenvalue weighted by molar-refractivity contribution is -0.137. The van der Waals surface area contributed by atoms with E-state index >= 15 is 0 Å². The van der Waals surface area contributed by atoms with Gasteiger partial charge in [0.05, 0.1) is 17.7 Å². The molecule has 0 heterocycles. The van der Waals surface area contributed by atoms with Crippen molar-refractivity contribution in [2.45, 2.75) is 32.9 Å². The van der Waals surface area contributed by atoms with Crippen LogP contribution in [0.4, 0.5) is 13.2 Å². The average molecular weight is 274 g/mol. The van der Waals surface area contributed by atoms with Crippen LogP contribution in [0.1, 0.15) is 42.6 Å². The molecule has 5 heteroatoms. The molecule has 1 atom stereocenters. The zero-order valence-corrected chi connectivity index (χ0v) is 11.0. The van der Waals surface area contributed by atoms with E-state index in [0.29, 0.717) is 0 Å². The molecular weight excluding hydrogens is 257 g/mol. The van der Waals surface area contributed by atoms with Crippen molar-refractivity contribution in [3.8, 4) is 0 Å². The molecule has 0 radical (unpaired) electrons. The summed E-state index contributed by atoms with van der Waals surface area (Å²) in [6.07, 6.45) is -2.57. The highest BCUT2D eigenvalue weighted by atomic mass is 19.4. The minimum absolute atomic E-state index is 0.0708. The SMILES string of the molecule is CCCC(C)COC(=O)c1cccc(C(F)(F)F)c1. The molecule has 0 fully saturated rings. The van der Waals surface area contributed by atoms with Gasteiger partial charge in [0, 0.05) is 0 Å². The molecule has 106 valence electrons. The number of esters is 1. The molecule has 0 N–H and O–H groups in total. The number of benzene rings is 1. The molecular formula is C14H17F3O2. The quantitative estimate of drug-likeness (QED) is 0.748. The molecule has 0 spiro atoms. The summed E-state index contributed by atoms with van der Waals surface area (Å²) in [5.74, 6) is -0.506. The third-order valence-electron chi connectivity index (χ3n) is 2.71. The highest BCUT2D eigenvalue weighted by Gasteiger charge is 2.31. The fraction of sp³-hybridized carbons (Fsp3) is 0.500. The number of rotatable bonds is 5. The third kappa shape index (κ3) is 4.93. The van der Waals surface area contributed by atoms with Crippen molar-refractivity contribution in [2.75, 3.05) is 6.61 Å². The van der Waals surface area contributed by atoms with Crippen LogP contribution in [-0.4, -0.2) is 12.6 Å². The Balaban J connectivity index is 2.67. The zero-order chi connectivity index (χ0) is 14.5. The fourth-order valence-corrected chi connectivity index (χ4v) is 1.70. The summed E-state index contributed by atoms with van der Waals surface area (Å²) in [4.78, 5) is 11.6. The minimum atomic E-state index is -4.45. The van der Waals surface area contributed by atoms with Gasteiger partial charge >= 0.3 is 12.1 Å². The van der Waals surface area contributed by atoms with Crippen LogP contribution in [0.25, 0.3) is 0 Å². The van der Waals surface area contributed by atoms with Crippen molar-refractivity contribution in [3.63, 3.8) is 0 Å². The molecule has 0 aliphatic carbocycles. The molecule has 0 saturated heterocycles. The molecule has 1 rings (SSSR count). The van der Waals surface area contributed by atoms with Gasteiger partial charge in [0.2, 0.25) is 0 Å². The van der Waals surface area contributed by atoms with E-state index in [1.165, 1.54) is 12.1 Å². The topological polar surface area (TPSA) is 26.3 Å². The molecule has 2 nitrogen and oxygen atoms in total. The summed E-state index contributed by atoms with van der Waals surface area (Å²) in [5, 5.41) is 0. The summed E-state index contributed by atoms with van der Waals surface area (Å²) in [6.45, 7) is 4.18. The first-order valence-electron chi connectivity index (χ1n) is 6.19. The number of hydrogen-bond acceptors (Lipinski definition) is 2. The molecule has 0 saturated carbocycles. The van der Waals surface area contributed by atoms with Gasteiger partial charge < -0.3 is 4.74 Å². The Morgan fingerprint density at radius 2 is 2.05 bits per heavy atom. The Hall–Kier alpha value is -1.52. The molecule has 0 aliphatic rings. The number of halogens is 3. The number of hydrogen-bond donors (Lipinski definition) is 0. The van der Waals surface area contributed by atoms with Crippen LogP contribution >= 0.6 is 0 Å². The normalized spacial score (nSPS) is 13.1. The summed E-state index contributed by atoms with van der Waals surface area (Å²) in [6, 6.07) is 4.26. The van der Waals surface area contributed by atoms with Gasteiger partial charge in [-0.3, -0.25) is 0 Å². The van der Waals surface area contributed by atoms with Gasteiger partial charge in [-0.15, -0.1) is 0 Å². The fourth-order valence-electron chi connectivity index (χ4n) is 1.70. The molecule has 1 unspecified atom stereocenters. The first-order chi connectivity index (χ1) is 8.84. The van der Waals surface area contributed by atoms with E-state index in [4.69, 9.17) is 4.74 Å². The number of carbonyl (C=O) groups is 1. The summed E-state index contributed by atoms with van der Waals surface area (Å²) in [5.41, 5.74) is -0.915. The van der Waals surface area contributed by atoms with Crippen molar-refractivity contribution in [3.05, 3.63) is 35.4 Å². The van der Waals surface area contributed by atoms with E-state index in [2.05, 4.69) is 0 Å². The zero-order valence-electron chi connectivity index (χ0n) is 11.0. The number of carbonyl (C=O) groups excluding carboxylic acids is 1. The smallest absolute Gasteiger partial charge is 0.416 e. The van der Waals surface area contributed by atoms with Gasteiger partial charge in [-0.05, 0) is 30.5 Å². The first kappa shape index (κ1) is 15.5. The predicted octanol–water partition coefficient (Wildman–Crippen LogP) is 4.30. The molecule has 0 aromatic heterocycles. The van der Waals surface area contributed by atoms with Crippen molar-refractivity contribution in [1.82, 2.24) is 0 Å². The van der Waals surface area contributed by atoms with Gasteiger partial charge in [0.1, 0.15) is 0 Å². The largest absolute Gasteiger partial charge is 0.462 e. The second-order valence-electron chi connectivity index (χ2n) is 4.57. The van der Waals surface area contributed by atoms with Crippen LogP contribution < -0.4 is 0 Å². The molecule has 0 amide bonds. The Kier molecular flexibility index (Phi) is 5.39. The molecule has 1 aromatic rings. The van der Waals surface area contributed by atoms with E-state index in [-0.39, 0.29) is 18.1 Å². The van der Waals surface area contributed by atoms with E-state index in [0.717, 1.165) is 25.0 Å². The number of ether oxygens (including phenoxy) is 1. The van der Waals surface area contributed by atoms with Gasteiger partial charge in [-0.2, -0.15) is 13.2 Å². The molecule has 19 heavy (non-hydrogen) atoms. The second-order valence-corrected chi connectivity index (χ2v) is 4.57. The molecule has 0 aliphatic heterocycles. The van der Waals surface area contributed by atoms with Crippen LogP contribution in [0.5, 0.6) is 0 Å². The number of alkyl halides is 3. The average Bonchev–Trinajstić information content (AvgIpc) is 2.35. The van der Waals surface area contributed by atoms with Crippen molar-refractivity contribution >= 4 is 5.97 Å². The maximum atomic E-state index is 12.5. The van der Waals surface area contributed by atoms with Crippen molar-refractivity contribution in [1.29, 1.82) is 0 Å². The summed E-state index contributed by atoms with van der Waals surface area (Å²) in [7, 11) is 0. The van der Waals surface area contributed by atoms with E-state index in [1.807, 2.05) is 13.8 Å². The highest BCUT2D eigenvalue weighted by molar-refractivity contribution is 5.89. The lowest BCUT2D eigenvalue weighted by atomic mass is 10.1. The lowest BCUT2D eigenvalue weighted by Gasteiger charge is -2.12. The molecule has 1 aromatic carbocycles. The van der Waals surface area contributed by atoms with Crippen molar-refractivity contribution in [2.24, 2.45) is 5.92 Å².